The van der Waals surface area contributed by atoms with E-state index in [1.54, 1.807) is 6.07 Å². The summed E-state index contributed by atoms with van der Waals surface area (Å²) in [5.41, 5.74) is 1.01. The third-order valence-corrected chi connectivity index (χ3v) is 4.20. The molecule has 0 bridgehead atoms. The molecule has 0 radical (unpaired) electrons. The van der Waals surface area contributed by atoms with Gasteiger partial charge in [-0.3, -0.25) is 4.79 Å². The molecule has 1 aliphatic rings. The molecule has 1 aromatic rings. The molecule has 1 aromatic carbocycles. The first-order chi connectivity index (χ1) is 8.16. The Bertz CT molecular complexity index is 411. The molecule has 1 saturated carbocycles. The summed E-state index contributed by atoms with van der Waals surface area (Å²) in [6.45, 7) is 0. The molecule has 0 aliphatic heterocycles. The number of hydrogen-bond acceptors (Lipinski definition) is 1. The Labute approximate surface area is 110 Å². The van der Waals surface area contributed by atoms with Crippen molar-refractivity contribution in [2.75, 3.05) is 0 Å². The van der Waals surface area contributed by atoms with Gasteiger partial charge in [-0.05, 0) is 37.0 Å². The number of halogens is 2. The van der Waals surface area contributed by atoms with Gasteiger partial charge in [-0.25, -0.2) is 4.39 Å². The highest BCUT2D eigenvalue weighted by Gasteiger charge is 2.22. The molecule has 2 rings (SSSR count). The molecule has 3 heteroatoms. The maximum Gasteiger partial charge on any atom is 0.136 e. The first-order valence-corrected chi connectivity index (χ1v) is 6.93. The fourth-order valence-electron chi connectivity index (χ4n) is 2.43. The molecule has 0 N–H and O–H groups in total. The number of hydrogen-bond donors (Lipinski definition) is 0. The molecule has 0 amide bonds. The number of carbonyl (C=O) groups is 1. The molecule has 92 valence electrons. The van der Waals surface area contributed by atoms with Crippen molar-refractivity contribution in [1.29, 1.82) is 0 Å². The van der Waals surface area contributed by atoms with E-state index < -0.39 is 0 Å². The Morgan fingerprint density at radius 3 is 2.71 bits per heavy atom. The van der Waals surface area contributed by atoms with Crippen LogP contribution in [0.15, 0.2) is 22.7 Å². The SMILES string of the molecule is O=C(CCc1ccc(F)cc1Br)C1CCCC1. The van der Waals surface area contributed by atoms with Crippen LogP contribution in [0.1, 0.15) is 37.7 Å². The topological polar surface area (TPSA) is 17.1 Å². The summed E-state index contributed by atoms with van der Waals surface area (Å²) in [7, 11) is 0. The van der Waals surface area contributed by atoms with Crippen LogP contribution in [0.25, 0.3) is 0 Å². The lowest BCUT2D eigenvalue weighted by Crippen LogP contribution is -2.11. The molecule has 0 saturated heterocycles. The van der Waals surface area contributed by atoms with Gasteiger partial charge in [0.2, 0.25) is 0 Å². The number of Topliss-reactive ketones (excluding diaryl/α,β-unsaturated/α-hetero) is 1. The average Bonchev–Trinajstić information content (AvgIpc) is 2.81. The highest BCUT2D eigenvalue weighted by Crippen LogP contribution is 2.27. The van der Waals surface area contributed by atoms with E-state index in [9.17, 15) is 9.18 Å². The van der Waals surface area contributed by atoms with Crippen molar-refractivity contribution >= 4 is 21.7 Å². The van der Waals surface area contributed by atoms with Crippen LogP contribution in [-0.2, 0) is 11.2 Å². The molecule has 17 heavy (non-hydrogen) atoms. The predicted octanol–water partition coefficient (Wildman–Crippen LogP) is 4.28. The van der Waals surface area contributed by atoms with Crippen LogP contribution >= 0.6 is 15.9 Å². The summed E-state index contributed by atoms with van der Waals surface area (Å²) in [4.78, 5) is 11.9. The smallest absolute Gasteiger partial charge is 0.136 e. The number of ketones is 1. The zero-order chi connectivity index (χ0) is 12.3. The average molecular weight is 299 g/mol. The van der Waals surface area contributed by atoms with Crippen LogP contribution in [-0.4, -0.2) is 5.78 Å². The van der Waals surface area contributed by atoms with Gasteiger partial charge in [0.15, 0.2) is 0 Å². The van der Waals surface area contributed by atoms with Crippen molar-refractivity contribution in [3.05, 3.63) is 34.1 Å². The van der Waals surface area contributed by atoms with Crippen LogP contribution in [0, 0.1) is 11.7 Å². The number of rotatable bonds is 4. The Morgan fingerprint density at radius 1 is 1.35 bits per heavy atom. The standard InChI is InChI=1S/C14H16BrFO/c15-13-9-12(16)7-5-10(13)6-8-14(17)11-3-1-2-4-11/h5,7,9,11H,1-4,6,8H2. The summed E-state index contributed by atoms with van der Waals surface area (Å²) in [6.07, 6.45) is 5.78. The quantitative estimate of drug-likeness (QED) is 0.811. The van der Waals surface area contributed by atoms with E-state index in [-0.39, 0.29) is 11.7 Å². The van der Waals surface area contributed by atoms with Gasteiger partial charge in [0.1, 0.15) is 11.6 Å². The second kappa shape index (κ2) is 5.76. The molecule has 1 aliphatic carbocycles. The van der Waals surface area contributed by atoms with E-state index in [1.165, 1.54) is 25.0 Å². The minimum absolute atomic E-state index is 0.247. The fourth-order valence-corrected chi connectivity index (χ4v) is 2.98. The Kier molecular flexibility index (Phi) is 4.32. The lowest BCUT2D eigenvalue weighted by atomic mass is 9.97. The van der Waals surface area contributed by atoms with Gasteiger partial charge in [-0.2, -0.15) is 0 Å². The van der Waals surface area contributed by atoms with Crippen LogP contribution < -0.4 is 0 Å². The Morgan fingerprint density at radius 2 is 2.06 bits per heavy atom. The van der Waals surface area contributed by atoms with E-state index in [1.807, 2.05) is 0 Å². The molecular formula is C14H16BrFO. The van der Waals surface area contributed by atoms with Gasteiger partial charge in [0.05, 0.1) is 0 Å². The summed E-state index contributed by atoms with van der Waals surface area (Å²) >= 11 is 3.33. The summed E-state index contributed by atoms with van der Waals surface area (Å²) in [6, 6.07) is 4.65. The van der Waals surface area contributed by atoms with E-state index in [0.717, 1.165) is 22.9 Å². The summed E-state index contributed by atoms with van der Waals surface area (Å²) in [5, 5.41) is 0. The van der Waals surface area contributed by atoms with E-state index in [0.29, 0.717) is 18.6 Å². The molecule has 0 aromatic heterocycles. The van der Waals surface area contributed by atoms with E-state index >= 15 is 0 Å². The van der Waals surface area contributed by atoms with Gasteiger partial charge < -0.3 is 0 Å². The minimum atomic E-state index is -0.247. The fraction of sp³-hybridized carbons (Fsp3) is 0.500. The largest absolute Gasteiger partial charge is 0.299 e. The van der Waals surface area contributed by atoms with E-state index in [4.69, 9.17) is 0 Å². The zero-order valence-corrected chi connectivity index (χ0v) is 11.3. The highest BCUT2D eigenvalue weighted by molar-refractivity contribution is 9.10. The normalized spacial score (nSPS) is 16.4. The minimum Gasteiger partial charge on any atom is -0.299 e. The zero-order valence-electron chi connectivity index (χ0n) is 9.72. The van der Waals surface area contributed by atoms with Crippen LogP contribution in [0.4, 0.5) is 4.39 Å². The summed E-state index contributed by atoms with van der Waals surface area (Å²) < 4.78 is 13.7. The van der Waals surface area contributed by atoms with Gasteiger partial charge in [0, 0.05) is 16.8 Å². The van der Waals surface area contributed by atoms with Crippen LogP contribution in [0.3, 0.4) is 0 Å². The number of carbonyl (C=O) groups excluding carboxylic acids is 1. The molecule has 0 unspecified atom stereocenters. The Hall–Kier alpha value is -0.700. The van der Waals surface area contributed by atoms with Gasteiger partial charge >= 0.3 is 0 Å². The second-order valence-electron chi connectivity index (χ2n) is 4.68. The number of benzene rings is 1. The van der Waals surface area contributed by atoms with Crippen molar-refractivity contribution in [2.24, 2.45) is 5.92 Å². The Balaban J connectivity index is 1.90. The van der Waals surface area contributed by atoms with Crippen molar-refractivity contribution in [3.8, 4) is 0 Å². The third kappa shape index (κ3) is 3.38. The van der Waals surface area contributed by atoms with Crippen molar-refractivity contribution in [1.82, 2.24) is 0 Å². The van der Waals surface area contributed by atoms with E-state index in [2.05, 4.69) is 15.9 Å². The summed E-state index contributed by atoms with van der Waals surface area (Å²) in [5.74, 6) is 0.413. The molecule has 1 fully saturated rings. The number of aryl methyl sites for hydroxylation is 1. The maximum absolute atomic E-state index is 12.9. The van der Waals surface area contributed by atoms with Crippen LogP contribution in [0.2, 0.25) is 0 Å². The molecule has 0 spiro atoms. The lowest BCUT2D eigenvalue weighted by Gasteiger charge is -2.08. The monoisotopic (exact) mass is 298 g/mol. The molecule has 0 heterocycles. The second-order valence-corrected chi connectivity index (χ2v) is 5.54. The van der Waals surface area contributed by atoms with Crippen molar-refractivity contribution < 1.29 is 9.18 Å². The first kappa shape index (κ1) is 12.7. The first-order valence-electron chi connectivity index (χ1n) is 6.13. The maximum atomic E-state index is 12.9. The lowest BCUT2D eigenvalue weighted by molar-refractivity contribution is -0.122. The van der Waals surface area contributed by atoms with Crippen molar-refractivity contribution in [2.45, 2.75) is 38.5 Å². The molecule has 0 atom stereocenters. The van der Waals surface area contributed by atoms with Crippen LogP contribution in [0.5, 0.6) is 0 Å². The van der Waals surface area contributed by atoms with Gasteiger partial charge in [-0.1, -0.05) is 34.8 Å². The predicted molar refractivity (Wildman–Crippen MR) is 69.4 cm³/mol. The molecule has 1 nitrogen and oxygen atoms in total. The molecular weight excluding hydrogens is 283 g/mol. The highest BCUT2D eigenvalue weighted by atomic mass is 79.9. The third-order valence-electron chi connectivity index (χ3n) is 3.47. The van der Waals surface area contributed by atoms with Gasteiger partial charge in [0.25, 0.3) is 0 Å². The van der Waals surface area contributed by atoms with Crippen molar-refractivity contribution in [3.63, 3.8) is 0 Å². The van der Waals surface area contributed by atoms with Gasteiger partial charge in [-0.15, -0.1) is 0 Å².